The van der Waals surface area contributed by atoms with Crippen molar-refractivity contribution in [3.05, 3.63) is 81.0 Å². The molecule has 566 valence electrons. The number of benzene rings is 2. The zero-order valence-corrected chi connectivity index (χ0v) is 65.4. The quantitative estimate of drug-likeness (QED) is 0.0120. The van der Waals surface area contributed by atoms with E-state index in [4.69, 9.17) is 24.7 Å². The van der Waals surface area contributed by atoms with Gasteiger partial charge in [0.05, 0.1) is 110 Å². The molecule has 29 heteroatoms. The van der Waals surface area contributed by atoms with Crippen LogP contribution in [0.25, 0.3) is 21.5 Å². The van der Waals surface area contributed by atoms with Gasteiger partial charge in [0.25, 0.3) is 5.91 Å². The number of alkyl halides is 2. The molecular formula is C73H111Br2N13O14. The van der Waals surface area contributed by atoms with Crippen LogP contribution < -0.4 is 27.0 Å². The molecule has 6 N–H and O–H groups in total. The Bertz CT molecular complexity index is 3330. The van der Waals surface area contributed by atoms with Gasteiger partial charge in [0.15, 0.2) is 17.3 Å². The molecule has 27 nitrogen and oxygen atoms in total. The van der Waals surface area contributed by atoms with Crippen molar-refractivity contribution in [2.24, 2.45) is 52.3 Å². The molecule has 0 bridgehead atoms. The molecule has 2 heterocycles. The normalized spacial score (nSPS) is 16.4. The highest BCUT2D eigenvalue weighted by Crippen LogP contribution is 2.32. The lowest BCUT2D eigenvalue weighted by Gasteiger charge is -2.41. The molecule has 2 aromatic carbocycles. The van der Waals surface area contributed by atoms with Crippen LogP contribution >= 0.6 is 31.9 Å². The zero-order chi connectivity index (χ0) is 76.1. The molecule has 1 aliphatic rings. The zero-order valence-electron chi connectivity index (χ0n) is 62.3. The first-order chi connectivity index (χ1) is 48.4. The number of nitrogens with two attached hydrogens (primary N) is 1. The number of ketones is 3. The lowest BCUT2D eigenvalue weighted by Crippen LogP contribution is -2.54. The predicted molar refractivity (Wildman–Crippen MR) is 396 cm³/mol. The van der Waals surface area contributed by atoms with Crippen LogP contribution in [-0.4, -0.2) is 213 Å². The number of likely N-dealkylation sites (N-methyl/N-ethyl adjacent to an activating group) is 2. The molecule has 1 aromatic heterocycles. The van der Waals surface area contributed by atoms with E-state index in [2.05, 4.69) is 73.1 Å². The van der Waals surface area contributed by atoms with Gasteiger partial charge in [-0.2, -0.15) is 0 Å². The Morgan fingerprint density at radius 2 is 1.34 bits per heavy atom. The van der Waals surface area contributed by atoms with Gasteiger partial charge < -0.3 is 55.7 Å². The Morgan fingerprint density at radius 1 is 0.725 bits per heavy atom. The van der Waals surface area contributed by atoms with E-state index < -0.39 is 108 Å². The number of fused-ring (bicyclic) bond motifs is 1. The van der Waals surface area contributed by atoms with Gasteiger partial charge in [0.1, 0.15) is 0 Å². The minimum atomic E-state index is -1.32. The fourth-order valence-electron chi connectivity index (χ4n) is 13.3. The second-order valence-corrected chi connectivity index (χ2v) is 29.0. The van der Waals surface area contributed by atoms with Gasteiger partial charge >= 0.3 is 0 Å². The van der Waals surface area contributed by atoms with Crippen LogP contribution in [0.2, 0.25) is 0 Å². The molecule has 1 saturated heterocycles. The van der Waals surface area contributed by atoms with Crippen LogP contribution in [-0.2, 0) is 85.6 Å². The standard InChI is InChI=1S/C73H111Br2N13O14/c1-16-45(8)68(87(13)73(98)53(43(4)5)36-62(91)67(44(6)7)86(11)12)63(99-14)38-66(94)88-27-17-18-59(88)69(100-15)46(9)70(95)81-51(41-79-85-77)32-48-19-21-49(22-20-48)33-61(90)56(37-64(76)92)84-72(97)52(42(2)3)35-60(89)47(10)80-65(93)25-28-101-30-31-102-29-26-78-71(96)50-23-24-54-55(34-50)83-58(40-75)57(39-74)82-54/h19-24,34,42-47,51-53,56,59,63,67-69H,16-18,25-33,35-41H2,1-15H3,(H2,76,92)(H,78,96)(H,80,93)(H,81,95)(H,84,97)/t45-,46+,47-,51-,52-,53-,56-,59-,63+,67-,68-,69+/m0/s1. The largest absolute Gasteiger partial charge is 0.379 e. The molecule has 12 atom stereocenters. The second kappa shape index (κ2) is 44.1. The van der Waals surface area contributed by atoms with Crippen molar-refractivity contribution in [1.82, 2.24) is 45.9 Å². The Hall–Kier alpha value is -6.85. The number of primary amides is 1. The topological polar surface area (TPSA) is 366 Å². The minimum absolute atomic E-state index is 0.00251. The van der Waals surface area contributed by atoms with E-state index in [0.717, 1.165) is 11.4 Å². The molecule has 1 fully saturated rings. The van der Waals surface area contributed by atoms with Crippen LogP contribution in [0.4, 0.5) is 0 Å². The van der Waals surface area contributed by atoms with Crippen LogP contribution in [0, 0.1) is 41.4 Å². The lowest BCUT2D eigenvalue weighted by atomic mass is 9.83. The van der Waals surface area contributed by atoms with Crippen LogP contribution in [0.1, 0.15) is 153 Å². The highest BCUT2D eigenvalue weighted by atomic mass is 79.9. The Kier molecular flexibility index (Phi) is 37.8. The number of nitrogens with one attached hydrogen (secondary N) is 4. The summed E-state index contributed by atoms with van der Waals surface area (Å²) in [7, 11) is 8.51. The minimum Gasteiger partial charge on any atom is -0.379 e. The molecule has 7 amide bonds. The average molecular weight is 1550 g/mol. The van der Waals surface area contributed by atoms with Crippen molar-refractivity contribution in [1.29, 1.82) is 0 Å². The number of amides is 7. The summed E-state index contributed by atoms with van der Waals surface area (Å²) in [5.41, 5.74) is 19.5. The molecule has 4 rings (SSSR count). The van der Waals surface area contributed by atoms with Gasteiger partial charge in [-0.05, 0) is 98.8 Å². The van der Waals surface area contributed by atoms with Crippen LogP contribution in [0.3, 0.4) is 0 Å². The summed E-state index contributed by atoms with van der Waals surface area (Å²) in [5.74, 6) is -6.81. The monoisotopic (exact) mass is 1550 g/mol. The maximum atomic E-state index is 14.6. The van der Waals surface area contributed by atoms with Crippen molar-refractivity contribution in [2.75, 3.05) is 81.4 Å². The third-order valence-corrected chi connectivity index (χ3v) is 20.2. The summed E-state index contributed by atoms with van der Waals surface area (Å²) < 4.78 is 23.3. The third-order valence-electron chi connectivity index (χ3n) is 19.2. The first-order valence-corrected chi connectivity index (χ1v) is 37.6. The van der Waals surface area contributed by atoms with E-state index in [0.29, 0.717) is 64.2 Å². The molecule has 3 aromatic rings. The van der Waals surface area contributed by atoms with Gasteiger partial charge in [-0.3, -0.25) is 52.8 Å². The van der Waals surface area contributed by atoms with Gasteiger partial charge in [0.2, 0.25) is 35.4 Å². The van der Waals surface area contributed by atoms with E-state index in [1.165, 1.54) is 21.1 Å². The van der Waals surface area contributed by atoms with E-state index >= 15 is 0 Å². The van der Waals surface area contributed by atoms with Crippen molar-refractivity contribution < 1.29 is 66.9 Å². The highest BCUT2D eigenvalue weighted by molar-refractivity contribution is 9.09. The molecule has 0 unspecified atom stereocenters. The van der Waals surface area contributed by atoms with Crippen molar-refractivity contribution >= 4 is 102 Å². The van der Waals surface area contributed by atoms with Crippen molar-refractivity contribution in [3.8, 4) is 0 Å². The molecule has 0 saturated carbocycles. The number of hydrogen-bond acceptors (Lipinski definition) is 18. The van der Waals surface area contributed by atoms with Gasteiger partial charge in [0, 0.05) is 106 Å². The molecule has 1 aliphatic heterocycles. The number of hydrogen-bond donors (Lipinski definition) is 5. The smallest absolute Gasteiger partial charge is 0.251 e. The van der Waals surface area contributed by atoms with Gasteiger partial charge in [-0.15, -0.1) is 0 Å². The summed E-state index contributed by atoms with van der Waals surface area (Å²) in [6, 6.07) is 7.71. The first kappa shape index (κ1) is 87.6. The summed E-state index contributed by atoms with van der Waals surface area (Å²) in [5, 5.41) is 16.0. The first-order valence-electron chi connectivity index (χ1n) is 35.3. The molecule has 102 heavy (non-hydrogen) atoms. The van der Waals surface area contributed by atoms with Gasteiger partial charge in [-0.1, -0.05) is 130 Å². The number of nitrogens with zero attached hydrogens (tertiary/aromatic N) is 8. The molecule has 0 radical (unpaired) electrons. The number of carbonyl (C=O) groups is 10. The van der Waals surface area contributed by atoms with Crippen molar-refractivity contribution in [3.63, 3.8) is 0 Å². The van der Waals surface area contributed by atoms with E-state index in [-0.39, 0.29) is 125 Å². The average Bonchev–Trinajstić information content (AvgIpc) is 1.22. The molecular weight excluding hydrogens is 1440 g/mol. The number of likely N-dealkylation sites (tertiary alicyclic amines) is 1. The number of halogens is 2. The maximum absolute atomic E-state index is 14.6. The van der Waals surface area contributed by atoms with E-state index in [1.807, 2.05) is 60.5 Å². The Morgan fingerprint density at radius 3 is 1.91 bits per heavy atom. The number of methoxy groups -OCH3 is 2. The number of carbonyl (C=O) groups excluding carboxylic acids is 10. The fraction of sp³-hybridized carbons (Fsp3) is 0.671. The summed E-state index contributed by atoms with van der Waals surface area (Å²) >= 11 is 6.86. The van der Waals surface area contributed by atoms with Crippen LogP contribution in [0.5, 0.6) is 0 Å². The van der Waals surface area contributed by atoms with Gasteiger partial charge in [-0.25, -0.2) is 9.97 Å². The molecule has 0 spiro atoms. The number of azide groups is 1. The van der Waals surface area contributed by atoms with Crippen LogP contribution in [0.15, 0.2) is 47.6 Å². The summed E-state index contributed by atoms with van der Waals surface area (Å²) in [4.78, 5) is 154. The van der Waals surface area contributed by atoms with Crippen molar-refractivity contribution in [2.45, 2.75) is 193 Å². The maximum Gasteiger partial charge on any atom is 0.251 e. The highest BCUT2D eigenvalue weighted by Gasteiger charge is 2.44. The Labute approximate surface area is 618 Å². The summed E-state index contributed by atoms with van der Waals surface area (Å²) in [6.07, 6.45) is -0.318. The fourth-order valence-corrected chi connectivity index (χ4v) is 14.2. The second-order valence-electron chi connectivity index (χ2n) is 27.9. The lowest BCUT2D eigenvalue weighted by molar-refractivity contribution is -0.149. The number of rotatable bonds is 47. The number of Topliss-reactive ketones (excluding diaryl/α,β-unsaturated/α-hetero) is 3. The third kappa shape index (κ3) is 26.7. The van der Waals surface area contributed by atoms with E-state index in [1.54, 1.807) is 80.1 Å². The number of ether oxygens (including phenoxy) is 4. The number of aromatic nitrogens is 2. The summed E-state index contributed by atoms with van der Waals surface area (Å²) in [6.45, 7) is 19.8. The Balaban J connectivity index is 1.29. The van der Waals surface area contributed by atoms with E-state index in [9.17, 15) is 53.5 Å². The molecule has 0 aliphatic carbocycles. The SMILES string of the molecule is CC[C@H](C)[C@@H]([C@@H](CC(=O)N1CCC[C@H]1[C@H](OC)[C@@H](C)C(=O)N[C@H](CN=[N+]=[N-])Cc1ccc(CC(=O)[C@H](CC(N)=O)NC(=O)[C@@H](CC(=O)[C@H](C)NC(=O)CCOCCOCCNC(=O)c2ccc3nc(CBr)c(CBr)nc3c2)C(C)C)cc1)OC)N(C)C(=O)[C@@H](CC(=O)[C@H](C(C)C)N(C)C)C(C)C. The predicted octanol–water partition coefficient (Wildman–Crippen LogP) is 7.56.